The van der Waals surface area contributed by atoms with Crippen molar-refractivity contribution in [2.24, 2.45) is 0 Å². The van der Waals surface area contributed by atoms with E-state index in [0.29, 0.717) is 11.7 Å². The smallest absolute Gasteiger partial charge is 0.315 e. The highest BCUT2D eigenvalue weighted by molar-refractivity contribution is 7.15. The van der Waals surface area contributed by atoms with E-state index in [1.54, 1.807) is 0 Å². The van der Waals surface area contributed by atoms with Gasteiger partial charge in [0, 0.05) is 11.4 Å². The lowest BCUT2D eigenvalue weighted by molar-refractivity contribution is -0.136. The molecule has 0 atom stereocenters. The third-order valence-corrected chi connectivity index (χ3v) is 3.74. The first kappa shape index (κ1) is 14.2. The highest BCUT2D eigenvalue weighted by atomic mass is 32.1. The van der Waals surface area contributed by atoms with E-state index in [1.807, 2.05) is 44.2 Å². The third-order valence-electron chi connectivity index (χ3n) is 2.75. The molecule has 0 aliphatic carbocycles. The van der Waals surface area contributed by atoms with Gasteiger partial charge in [-0.05, 0) is 19.4 Å². The Kier molecular flexibility index (Phi) is 4.47. The van der Waals surface area contributed by atoms with Crippen LogP contribution >= 0.6 is 11.3 Å². The number of nitrogens with zero attached hydrogens (tertiary/aromatic N) is 1. The summed E-state index contributed by atoms with van der Waals surface area (Å²) in [6.07, 6.45) is 0. The zero-order valence-electron chi connectivity index (χ0n) is 11.3. The van der Waals surface area contributed by atoms with E-state index >= 15 is 0 Å². The van der Waals surface area contributed by atoms with Gasteiger partial charge in [-0.1, -0.05) is 30.3 Å². The van der Waals surface area contributed by atoms with Gasteiger partial charge in [-0.25, -0.2) is 4.98 Å². The zero-order valence-corrected chi connectivity index (χ0v) is 12.1. The number of aryl methyl sites for hydroxylation is 2. The van der Waals surface area contributed by atoms with E-state index in [0.717, 1.165) is 16.1 Å². The standard InChI is InChI=1S/C14H15N3O2S/c1-9-10(2)20-14(16-9)17-13(19)12(18)15-8-11-6-4-3-5-7-11/h3-7H,8H2,1-2H3,(H,15,18)(H,16,17,19). The molecule has 0 spiro atoms. The van der Waals surface area contributed by atoms with Crippen molar-refractivity contribution >= 4 is 28.3 Å². The number of thiazole rings is 1. The third kappa shape index (κ3) is 3.64. The Morgan fingerprint density at radius 3 is 2.45 bits per heavy atom. The molecule has 1 heterocycles. The summed E-state index contributed by atoms with van der Waals surface area (Å²) in [5, 5.41) is 5.51. The molecule has 2 aromatic rings. The summed E-state index contributed by atoms with van der Waals surface area (Å²) in [6, 6.07) is 9.41. The molecule has 0 fully saturated rings. The number of carbonyl (C=O) groups excluding carboxylic acids is 2. The van der Waals surface area contributed by atoms with Crippen molar-refractivity contribution in [3.63, 3.8) is 0 Å². The van der Waals surface area contributed by atoms with Crippen molar-refractivity contribution in [1.29, 1.82) is 0 Å². The Labute approximate surface area is 121 Å². The Balaban J connectivity index is 1.87. The molecule has 0 radical (unpaired) electrons. The predicted molar refractivity (Wildman–Crippen MR) is 78.5 cm³/mol. The van der Waals surface area contributed by atoms with E-state index in [-0.39, 0.29) is 0 Å². The molecular formula is C14H15N3O2S. The van der Waals surface area contributed by atoms with Gasteiger partial charge in [0.25, 0.3) is 0 Å². The average Bonchev–Trinajstić information content (AvgIpc) is 2.75. The van der Waals surface area contributed by atoms with Crippen molar-refractivity contribution in [3.05, 3.63) is 46.5 Å². The van der Waals surface area contributed by atoms with Gasteiger partial charge in [0.15, 0.2) is 5.13 Å². The van der Waals surface area contributed by atoms with Crippen LogP contribution in [0.3, 0.4) is 0 Å². The number of amides is 2. The molecule has 0 saturated carbocycles. The minimum absolute atomic E-state index is 0.322. The summed E-state index contributed by atoms with van der Waals surface area (Å²) in [4.78, 5) is 28.5. The number of benzene rings is 1. The maximum absolute atomic E-state index is 11.7. The van der Waals surface area contributed by atoms with Crippen molar-refractivity contribution in [2.75, 3.05) is 5.32 Å². The maximum Gasteiger partial charge on any atom is 0.315 e. The molecule has 2 rings (SSSR count). The highest BCUT2D eigenvalue weighted by Gasteiger charge is 2.15. The molecule has 6 heteroatoms. The number of hydrogen-bond acceptors (Lipinski definition) is 4. The van der Waals surface area contributed by atoms with Crippen LogP contribution in [0.4, 0.5) is 5.13 Å². The summed E-state index contributed by atoms with van der Waals surface area (Å²) in [5.41, 5.74) is 1.80. The lowest BCUT2D eigenvalue weighted by Crippen LogP contribution is -2.34. The van der Waals surface area contributed by atoms with Gasteiger partial charge in [0.05, 0.1) is 5.69 Å². The van der Waals surface area contributed by atoms with Crippen LogP contribution in [0.1, 0.15) is 16.1 Å². The molecule has 0 bridgehead atoms. The van der Waals surface area contributed by atoms with Crippen LogP contribution in [0.2, 0.25) is 0 Å². The fraction of sp³-hybridized carbons (Fsp3) is 0.214. The molecule has 0 aliphatic rings. The molecule has 20 heavy (non-hydrogen) atoms. The van der Waals surface area contributed by atoms with E-state index in [9.17, 15) is 9.59 Å². The summed E-state index contributed by atoms with van der Waals surface area (Å²) >= 11 is 1.35. The van der Waals surface area contributed by atoms with Crippen molar-refractivity contribution < 1.29 is 9.59 Å². The van der Waals surface area contributed by atoms with E-state index in [1.165, 1.54) is 11.3 Å². The number of hydrogen-bond donors (Lipinski definition) is 2. The molecule has 0 aliphatic heterocycles. The van der Waals surface area contributed by atoms with Crippen LogP contribution < -0.4 is 10.6 Å². The first-order valence-corrected chi connectivity index (χ1v) is 6.95. The van der Waals surface area contributed by atoms with Gasteiger partial charge in [-0.2, -0.15) is 0 Å². The van der Waals surface area contributed by atoms with Gasteiger partial charge in [0.2, 0.25) is 0 Å². The van der Waals surface area contributed by atoms with Crippen molar-refractivity contribution in [1.82, 2.24) is 10.3 Å². The van der Waals surface area contributed by atoms with Crippen LogP contribution in [0.5, 0.6) is 0 Å². The summed E-state index contributed by atoms with van der Waals surface area (Å²) in [5.74, 6) is -1.37. The predicted octanol–water partition coefficient (Wildman–Crippen LogP) is 2.01. The second kappa shape index (κ2) is 6.29. The Morgan fingerprint density at radius 2 is 1.85 bits per heavy atom. The van der Waals surface area contributed by atoms with Gasteiger partial charge < -0.3 is 5.32 Å². The monoisotopic (exact) mass is 289 g/mol. The molecule has 2 N–H and O–H groups in total. The summed E-state index contributed by atoms with van der Waals surface area (Å²) < 4.78 is 0. The normalized spacial score (nSPS) is 10.1. The number of rotatable bonds is 3. The average molecular weight is 289 g/mol. The largest absolute Gasteiger partial charge is 0.344 e. The molecule has 1 aromatic heterocycles. The zero-order chi connectivity index (χ0) is 14.5. The lowest BCUT2D eigenvalue weighted by Gasteiger charge is -2.04. The molecule has 2 amide bonds. The molecule has 104 valence electrons. The fourth-order valence-corrected chi connectivity index (χ4v) is 2.35. The van der Waals surface area contributed by atoms with E-state index in [2.05, 4.69) is 15.6 Å². The summed E-state index contributed by atoms with van der Waals surface area (Å²) in [6.45, 7) is 4.10. The van der Waals surface area contributed by atoms with Crippen LogP contribution in [0, 0.1) is 13.8 Å². The summed E-state index contributed by atoms with van der Waals surface area (Å²) in [7, 11) is 0. The van der Waals surface area contributed by atoms with Crippen LogP contribution in [-0.2, 0) is 16.1 Å². The van der Waals surface area contributed by atoms with Crippen LogP contribution in [0.25, 0.3) is 0 Å². The number of aromatic nitrogens is 1. The highest BCUT2D eigenvalue weighted by Crippen LogP contribution is 2.20. The van der Waals surface area contributed by atoms with E-state index < -0.39 is 11.8 Å². The Bertz CT molecular complexity index is 603. The Hall–Kier alpha value is -2.21. The number of nitrogens with one attached hydrogen (secondary N) is 2. The lowest BCUT2D eigenvalue weighted by atomic mass is 10.2. The van der Waals surface area contributed by atoms with Crippen LogP contribution in [0.15, 0.2) is 30.3 Å². The first-order valence-electron chi connectivity index (χ1n) is 6.13. The fourth-order valence-electron chi connectivity index (χ4n) is 1.54. The minimum Gasteiger partial charge on any atom is -0.344 e. The first-order chi connectivity index (χ1) is 9.56. The molecule has 5 nitrogen and oxygen atoms in total. The van der Waals surface area contributed by atoms with Gasteiger partial charge in [-0.15, -0.1) is 11.3 Å². The number of carbonyl (C=O) groups is 2. The SMILES string of the molecule is Cc1nc(NC(=O)C(=O)NCc2ccccc2)sc1C. The Morgan fingerprint density at radius 1 is 1.15 bits per heavy atom. The molecule has 1 aromatic carbocycles. The van der Waals surface area contributed by atoms with Gasteiger partial charge in [0.1, 0.15) is 0 Å². The quantitative estimate of drug-likeness (QED) is 0.849. The molecular weight excluding hydrogens is 274 g/mol. The second-order valence-corrected chi connectivity index (χ2v) is 5.49. The molecule has 0 saturated heterocycles. The molecule has 0 unspecified atom stereocenters. The van der Waals surface area contributed by atoms with Crippen molar-refractivity contribution in [3.8, 4) is 0 Å². The van der Waals surface area contributed by atoms with Gasteiger partial charge >= 0.3 is 11.8 Å². The minimum atomic E-state index is -0.699. The maximum atomic E-state index is 11.7. The van der Waals surface area contributed by atoms with E-state index in [4.69, 9.17) is 0 Å². The number of anilines is 1. The topological polar surface area (TPSA) is 71.1 Å². The van der Waals surface area contributed by atoms with Crippen LogP contribution in [-0.4, -0.2) is 16.8 Å². The second-order valence-electron chi connectivity index (χ2n) is 4.28. The van der Waals surface area contributed by atoms with Crippen molar-refractivity contribution in [2.45, 2.75) is 20.4 Å². The van der Waals surface area contributed by atoms with Gasteiger partial charge in [-0.3, -0.25) is 14.9 Å².